The Morgan fingerprint density at radius 2 is 1.23 bits per heavy atom. The molecule has 5 N–H and O–H groups in total. The lowest BCUT2D eigenvalue weighted by Gasteiger charge is -2.41. The zero-order valence-corrected chi connectivity index (χ0v) is 19.5. The molecule has 0 radical (unpaired) electrons. The molecule has 0 aromatic carbocycles. The zero-order chi connectivity index (χ0) is 22.5. The molecule has 0 aromatic heterocycles. The Morgan fingerprint density at radius 3 is 1.74 bits per heavy atom. The molecule has 0 bridgehead atoms. The van der Waals surface area contributed by atoms with Crippen molar-refractivity contribution < 1.29 is 19.4 Å². The van der Waals surface area contributed by atoms with Crippen LogP contribution in [0.5, 0.6) is 0 Å². The number of carboxylic acids is 1. The van der Waals surface area contributed by atoms with Crippen LogP contribution in [-0.2, 0) is 14.3 Å². The van der Waals surface area contributed by atoms with E-state index in [4.69, 9.17) is 21.3 Å². The van der Waals surface area contributed by atoms with Gasteiger partial charge in [0.15, 0.2) is 0 Å². The van der Waals surface area contributed by atoms with Gasteiger partial charge in [0.05, 0.1) is 0 Å². The first-order chi connectivity index (χ1) is 14.9. The van der Waals surface area contributed by atoms with Crippen LogP contribution in [0, 0.1) is 5.92 Å². The van der Waals surface area contributed by atoms with Gasteiger partial charge in [-0.15, -0.1) is 0 Å². The highest BCUT2D eigenvalue weighted by atomic mass is 16.6. The van der Waals surface area contributed by atoms with Crippen LogP contribution in [0.15, 0.2) is 0 Å². The molecule has 0 heterocycles. The van der Waals surface area contributed by atoms with Crippen molar-refractivity contribution in [2.45, 2.75) is 140 Å². The molecule has 0 amide bonds. The summed E-state index contributed by atoms with van der Waals surface area (Å²) in [5.74, 6) is -0.885. The minimum Gasteiger partial charge on any atom is -0.480 e. The molecule has 180 valence electrons. The van der Waals surface area contributed by atoms with Gasteiger partial charge in [-0.25, -0.2) is 0 Å². The molecule has 2 saturated carbocycles. The van der Waals surface area contributed by atoms with Crippen LogP contribution in [0.1, 0.15) is 122 Å². The number of rotatable bonds is 8. The fourth-order valence-corrected chi connectivity index (χ4v) is 5.51. The maximum atomic E-state index is 13.1. The third-order valence-corrected chi connectivity index (χ3v) is 7.50. The Labute approximate surface area is 188 Å². The molecule has 2 atom stereocenters. The summed E-state index contributed by atoms with van der Waals surface area (Å²) >= 11 is 0. The summed E-state index contributed by atoms with van der Waals surface area (Å²) in [4.78, 5) is 24.0. The summed E-state index contributed by atoms with van der Waals surface area (Å²) in [7, 11) is 0. The zero-order valence-electron chi connectivity index (χ0n) is 19.5. The van der Waals surface area contributed by atoms with Crippen molar-refractivity contribution >= 4 is 11.9 Å². The van der Waals surface area contributed by atoms with E-state index in [2.05, 4.69) is 0 Å². The molecule has 2 fully saturated rings. The van der Waals surface area contributed by atoms with Crippen molar-refractivity contribution in [1.82, 2.24) is 0 Å². The smallest absolute Gasteiger partial charge is 0.323 e. The lowest BCUT2D eigenvalue weighted by Crippen LogP contribution is -2.47. The van der Waals surface area contributed by atoms with Gasteiger partial charge in [-0.2, -0.15) is 0 Å². The van der Waals surface area contributed by atoms with E-state index in [9.17, 15) is 9.59 Å². The van der Waals surface area contributed by atoms with E-state index in [1.807, 2.05) is 0 Å². The second-order valence-electron chi connectivity index (χ2n) is 9.98. The van der Waals surface area contributed by atoms with Crippen LogP contribution in [0.25, 0.3) is 0 Å². The Bertz CT molecular complexity index is 520. The summed E-state index contributed by atoms with van der Waals surface area (Å²) in [5, 5.41) is 8.94. The number of carbonyl (C=O) groups excluding carboxylic acids is 1. The quantitative estimate of drug-likeness (QED) is 0.456. The van der Waals surface area contributed by atoms with Crippen LogP contribution in [0.2, 0.25) is 0 Å². The molecule has 31 heavy (non-hydrogen) atoms. The van der Waals surface area contributed by atoms with E-state index in [1.54, 1.807) is 0 Å². The fraction of sp³-hybridized carbons (Fsp3) is 0.920. The molecule has 1 unspecified atom stereocenters. The minimum atomic E-state index is -1.01. The summed E-state index contributed by atoms with van der Waals surface area (Å²) < 4.78 is 6.40. The molecule has 6 heteroatoms. The highest BCUT2D eigenvalue weighted by Gasteiger charge is 2.42. The molecule has 0 aromatic rings. The number of ether oxygens (including phenoxy) is 1. The summed E-state index contributed by atoms with van der Waals surface area (Å²) in [6.07, 6.45) is 20.3. The van der Waals surface area contributed by atoms with E-state index in [0.717, 1.165) is 38.5 Å². The first kappa shape index (κ1) is 26.1. The molecule has 0 aliphatic heterocycles. The molecule has 0 spiro atoms. The minimum absolute atomic E-state index is 0.303. The molecular formula is C25H46N2O4. The van der Waals surface area contributed by atoms with Crippen molar-refractivity contribution in [1.29, 1.82) is 0 Å². The Hall–Kier alpha value is -1.14. The number of esters is 1. The third kappa shape index (κ3) is 9.09. The second kappa shape index (κ2) is 14.1. The Kier molecular flexibility index (Phi) is 11.9. The molecule has 6 nitrogen and oxygen atoms in total. The summed E-state index contributed by atoms with van der Waals surface area (Å²) in [6.45, 7) is 0. The van der Waals surface area contributed by atoms with Crippen LogP contribution in [0.3, 0.4) is 0 Å². The van der Waals surface area contributed by atoms with Gasteiger partial charge in [-0.3, -0.25) is 9.59 Å². The predicted molar refractivity (Wildman–Crippen MR) is 124 cm³/mol. The number of aliphatic carboxylic acids is 1. The lowest BCUT2D eigenvalue weighted by atomic mass is 9.74. The lowest BCUT2D eigenvalue weighted by molar-refractivity contribution is -0.172. The molecule has 0 saturated heterocycles. The standard InChI is InChI=1S/C25H46N2O4/c26-21(23(28)29)16-13-17-22(27)24(30)31-25(18-11-7-3-4-8-12-19-25)20-14-9-5-1-2-6-10-15-20/h20-22H,1-19,26-27H2,(H,28,29)/t21-,22?/m0/s1. The van der Waals surface area contributed by atoms with Gasteiger partial charge in [0.1, 0.15) is 17.7 Å². The first-order valence-electron chi connectivity index (χ1n) is 12.9. The molecule has 2 aliphatic carbocycles. The summed E-state index contributed by atoms with van der Waals surface area (Å²) in [5.41, 5.74) is 11.4. The number of nitrogens with two attached hydrogens (primary N) is 2. The topological polar surface area (TPSA) is 116 Å². The Balaban J connectivity index is 2.07. The van der Waals surface area contributed by atoms with Crippen molar-refractivity contribution in [2.24, 2.45) is 17.4 Å². The molecular weight excluding hydrogens is 392 g/mol. The van der Waals surface area contributed by atoms with Gasteiger partial charge < -0.3 is 21.3 Å². The number of hydrogen-bond donors (Lipinski definition) is 3. The number of hydrogen-bond acceptors (Lipinski definition) is 5. The molecule has 2 rings (SSSR count). The first-order valence-corrected chi connectivity index (χ1v) is 12.9. The average molecular weight is 439 g/mol. The van der Waals surface area contributed by atoms with E-state index in [-0.39, 0.29) is 11.6 Å². The SMILES string of the molecule is NC(CCC[C@H](N)C(=O)O)C(=O)OC1(C2CCCCCCCC2)CCCCCCCC1. The largest absolute Gasteiger partial charge is 0.480 e. The maximum Gasteiger partial charge on any atom is 0.323 e. The number of carbonyl (C=O) groups is 2. The van der Waals surface area contributed by atoms with Gasteiger partial charge in [0, 0.05) is 0 Å². The van der Waals surface area contributed by atoms with E-state index < -0.39 is 18.1 Å². The van der Waals surface area contributed by atoms with Gasteiger partial charge >= 0.3 is 11.9 Å². The van der Waals surface area contributed by atoms with Crippen LogP contribution < -0.4 is 11.5 Å². The number of carboxylic acid groups (broad SMARTS) is 1. The van der Waals surface area contributed by atoms with E-state index >= 15 is 0 Å². The van der Waals surface area contributed by atoms with Crippen molar-refractivity contribution in [3.63, 3.8) is 0 Å². The van der Waals surface area contributed by atoms with Gasteiger partial charge in [-0.1, -0.05) is 64.2 Å². The highest BCUT2D eigenvalue weighted by molar-refractivity contribution is 5.76. The third-order valence-electron chi connectivity index (χ3n) is 7.50. The molecule has 2 aliphatic rings. The van der Waals surface area contributed by atoms with Crippen molar-refractivity contribution in [3.05, 3.63) is 0 Å². The normalized spacial score (nSPS) is 23.7. The average Bonchev–Trinajstić information content (AvgIpc) is 2.96. The fourth-order valence-electron chi connectivity index (χ4n) is 5.51. The van der Waals surface area contributed by atoms with Crippen LogP contribution >= 0.6 is 0 Å². The van der Waals surface area contributed by atoms with Gasteiger partial charge in [0.2, 0.25) is 0 Å². The van der Waals surface area contributed by atoms with Crippen molar-refractivity contribution in [3.8, 4) is 0 Å². The van der Waals surface area contributed by atoms with Gasteiger partial charge in [-0.05, 0) is 63.7 Å². The Morgan fingerprint density at radius 1 is 0.774 bits per heavy atom. The van der Waals surface area contributed by atoms with E-state index in [1.165, 1.54) is 64.2 Å². The maximum absolute atomic E-state index is 13.1. The predicted octanol–water partition coefficient (Wildman–Crippen LogP) is 5.06. The van der Waals surface area contributed by atoms with Crippen molar-refractivity contribution in [2.75, 3.05) is 0 Å². The van der Waals surface area contributed by atoms with E-state index in [0.29, 0.717) is 25.2 Å². The second-order valence-corrected chi connectivity index (χ2v) is 9.98. The summed E-state index contributed by atoms with van der Waals surface area (Å²) in [6, 6.07) is -1.61. The van der Waals surface area contributed by atoms with Gasteiger partial charge in [0.25, 0.3) is 0 Å². The van der Waals surface area contributed by atoms with Crippen LogP contribution in [0.4, 0.5) is 0 Å². The monoisotopic (exact) mass is 438 g/mol. The van der Waals surface area contributed by atoms with Crippen LogP contribution in [-0.4, -0.2) is 34.7 Å². The highest BCUT2D eigenvalue weighted by Crippen LogP contribution is 2.42.